The Morgan fingerprint density at radius 1 is 1.06 bits per heavy atom. The summed E-state index contributed by atoms with van der Waals surface area (Å²) in [5.41, 5.74) is 2.81. The first kappa shape index (κ1) is 23.7. The van der Waals surface area contributed by atoms with Crippen LogP contribution in [0.2, 0.25) is 0 Å². The number of nitrogens with zero attached hydrogens (tertiary/aromatic N) is 2. The number of aromatic nitrogens is 1. The minimum atomic E-state index is -4.39. The lowest BCUT2D eigenvalue weighted by Crippen LogP contribution is -2.40. The molecular formula is C25H24F3N3O3. The highest BCUT2D eigenvalue weighted by atomic mass is 19.4. The third kappa shape index (κ3) is 5.05. The normalized spacial score (nSPS) is 13.3. The molecule has 1 aliphatic heterocycles. The summed E-state index contributed by atoms with van der Waals surface area (Å²) in [6.45, 7) is -0.152. The van der Waals surface area contributed by atoms with E-state index in [1.807, 2.05) is 17.0 Å². The van der Waals surface area contributed by atoms with Gasteiger partial charge in [-0.05, 0) is 59.9 Å². The Kier molecular flexibility index (Phi) is 6.85. The number of anilines is 2. The molecule has 0 atom stereocenters. The average Bonchev–Trinajstić information content (AvgIpc) is 3.26. The number of benzene rings is 2. The Labute approximate surface area is 194 Å². The van der Waals surface area contributed by atoms with Crippen LogP contribution in [0.1, 0.15) is 32.6 Å². The Balaban J connectivity index is 1.57. The third-order valence-electron chi connectivity index (χ3n) is 5.80. The first-order valence-corrected chi connectivity index (χ1v) is 10.8. The van der Waals surface area contributed by atoms with Crippen molar-refractivity contribution in [2.75, 3.05) is 24.7 Å². The molecular weight excluding hydrogens is 447 g/mol. The zero-order valence-electron chi connectivity index (χ0n) is 18.2. The molecule has 0 radical (unpaired) electrons. The van der Waals surface area contributed by atoms with Crippen LogP contribution in [0, 0.1) is 0 Å². The Morgan fingerprint density at radius 2 is 1.79 bits per heavy atom. The highest BCUT2D eigenvalue weighted by molar-refractivity contribution is 5.98. The first-order valence-electron chi connectivity index (χ1n) is 10.8. The molecule has 0 bridgehead atoms. The molecule has 1 aliphatic rings. The summed E-state index contributed by atoms with van der Waals surface area (Å²) < 4.78 is 39.1. The van der Waals surface area contributed by atoms with Crippen molar-refractivity contribution in [3.05, 3.63) is 88.6 Å². The summed E-state index contributed by atoms with van der Waals surface area (Å²) in [5.74, 6) is 0.266. The Hall–Kier alpha value is -3.43. The quantitative estimate of drug-likeness (QED) is 0.492. The average molecular weight is 471 g/mol. The summed E-state index contributed by atoms with van der Waals surface area (Å²) in [7, 11) is 0. The number of aliphatic hydroxyl groups is 2. The molecule has 3 aromatic rings. The molecule has 0 unspecified atom stereocenters. The zero-order chi connectivity index (χ0) is 24.3. The number of hydrogen-bond donors (Lipinski definition) is 3. The molecule has 4 rings (SSSR count). The van der Waals surface area contributed by atoms with Crippen LogP contribution in [0.5, 0.6) is 0 Å². The van der Waals surface area contributed by atoms with E-state index >= 15 is 0 Å². The van der Waals surface area contributed by atoms with Gasteiger partial charge in [0.2, 0.25) is 0 Å². The zero-order valence-corrected chi connectivity index (χ0v) is 18.2. The number of alkyl halides is 3. The number of aliphatic hydroxyl groups excluding tert-OH is 2. The van der Waals surface area contributed by atoms with Crippen LogP contribution >= 0.6 is 0 Å². The van der Waals surface area contributed by atoms with Crippen LogP contribution in [-0.2, 0) is 19.0 Å². The molecule has 0 fully saturated rings. The second kappa shape index (κ2) is 9.82. The molecule has 0 saturated heterocycles. The molecule has 0 aliphatic carbocycles. The number of carbonyl (C=O) groups is 1. The molecule has 6 nitrogen and oxygen atoms in total. The maximum atomic E-state index is 13.0. The molecule has 178 valence electrons. The summed E-state index contributed by atoms with van der Waals surface area (Å²) in [6.07, 6.45) is -1.84. The second-order valence-electron chi connectivity index (χ2n) is 8.14. The summed E-state index contributed by atoms with van der Waals surface area (Å²) >= 11 is 0. The van der Waals surface area contributed by atoms with E-state index in [9.17, 15) is 28.2 Å². The van der Waals surface area contributed by atoms with Crippen LogP contribution in [0.15, 0.2) is 60.8 Å². The number of pyridine rings is 1. The van der Waals surface area contributed by atoms with E-state index in [4.69, 9.17) is 0 Å². The third-order valence-corrected chi connectivity index (χ3v) is 5.80. The maximum Gasteiger partial charge on any atom is 0.416 e. The standard InChI is InChI=1S/C25H24F3N3O3/c26-25(27,28)18-4-1-3-16(12-18)11-17-7-9-29-23(13-17)31-10-8-20-21(5-2-6-22(20)31)24(34)30-19(14-32)15-33/h1-7,9,12-13,19,32-33H,8,10-11,14-15H2,(H,30,34). The van der Waals surface area contributed by atoms with Gasteiger partial charge in [0, 0.05) is 24.0 Å². The summed E-state index contributed by atoms with van der Waals surface area (Å²) in [4.78, 5) is 19.1. The predicted octanol–water partition coefficient (Wildman–Crippen LogP) is 3.47. The molecule has 1 amide bonds. The fraction of sp³-hybridized carbons (Fsp3) is 0.280. The van der Waals surface area contributed by atoms with E-state index in [0.29, 0.717) is 36.3 Å². The number of halogens is 3. The number of amides is 1. The minimum Gasteiger partial charge on any atom is -0.394 e. The highest BCUT2D eigenvalue weighted by Crippen LogP contribution is 2.36. The van der Waals surface area contributed by atoms with Crippen LogP contribution in [0.4, 0.5) is 24.7 Å². The van der Waals surface area contributed by atoms with Crippen LogP contribution < -0.4 is 10.2 Å². The molecule has 0 saturated carbocycles. The highest BCUT2D eigenvalue weighted by Gasteiger charge is 2.30. The minimum absolute atomic E-state index is 0.326. The summed E-state index contributed by atoms with van der Waals surface area (Å²) in [6, 6.07) is 13.5. The van der Waals surface area contributed by atoms with Gasteiger partial charge in [0.25, 0.3) is 5.91 Å². The number of hydrogen-bond acceptors (Lipinski definition) is 5. The molecule has 9 heteroatoms. The van der Waals surface area contributed by atoms with Crippen LogP contribution in [0.25, 0.3) is 0 Å². The van der Waals surface area contributed by atoms with Gasteiger partial charge in [0.05, 0.1) is 24.8 Å². The largest absolute Gasteiger partial charge is 0.416 e. The van der Waals surface area contributed by atoms with Gasteiger partial charge in [0.15, 0.2) is 0 Å². The van der Waals surface area contributed by atoms with Crippen molar-refractivity contribution in [2.45, 2.75) is 25.1 Å². The van der Waals surface area contributed by atoms with Crippen LogP contribution in [-0.4, -0.2) is 46.9 Å². The molecule has 34 heavy (non-hydrogen) atoms. The van der Waals surface area contributed by atoms with Crippen molar-refractivity contribution < 1.29 is 28.2 Å². The van der Waals surface area contributed by atoms with E-state index in [-0.39, 0.29) is 19.1 Å². The molecule has 3 N–H and O–H groups in total. The van der Waals surface area contributed by atoms with Crippen LogP contribution in [0.3, 0.4) is 0 Å². The Morgan fingerprint density at radius 3 is 2.53 bits per heavy atom. The number of fused-ring (bicyclic) bond motifs is 1. The van der Waals surface area contributed by atoms with Gasteiger partial charge in [0.1, 0.15) is 5.82 Å². The Bertz CT molecular complexity index is 1180. The van der Waals surface area contributed by atoms with E-state index in [0.717, 1.165) is 28.9 Å². The first-order chi connectivity index (χ1) is 16.3. The summed E-state index contributed by atoms with van der Waals surface area (Å²) in [5, 5.41) is 21.1. The number of carbonyl (C=O) groups excluding carboxylic acids is 1. The molecule has 2 heterocycles. The monoisotopic (exact) mass is 471 g/mol. The van der Waals surface area contributed by atoms with Crippen molar-refractivity contribution in [3.8, 4) is 0 Å². The SMILES string of the molecule is O=C(NC(CO)CO)c1cccc2c1CCN2c1cc(Cc2cccc(C(F)(F)F)c2)ccn1. The van der Waals surface area contributed by atoms with Gasteiger partial charge in [-0.15, -0.1) is 0 Å². The van der Waals surface area contributed by atoms with Crippen molar-refractivity contribution in [2.24, 2.45) is 0 Å². The maximum absolute atomic E-state index is 13.0. The number of nitrogens with one attached hydrogen (secondary N) is 1. The number of rotatable bonds is 7. The van der Waals surface area contributed by atoms with Crippen molar-refractivity contribution >= 4 is 17.4 Å². The molecule has 1 aromatic heterocycles. The van der Waals surface area contributed by atoms with Gasteiger partial charge < -0.3 is 20.4 Å². The van der Waals surface area contributed by atoms with Gasteiger partial charge in [-0.25, -0.2) is 4.98 Å². The molecule has 0 spiro atoms. The van der Waals surface area contributed by atoms with Crippen molar-refractivity contribution in [3.63, 3.8) is 0 Å². The lowest BCUT2D eigenvalue weighted by atomic mass is 10.0. The topological polar surface area (TPSA) is 85.7 Å². The van der Waals surface area contributed by atoms with E-state index in [1.54, 1.807) is 30.5 Å². The van der Waals surface area contributed by atoms with E-state index < -0.39 is 17.8 Å². The van der Waals surface area contributed by atoms with Gasteiger partial charge in [-0.1, -0.05) is 24.3 Å². The van der Waals surface area contributed by atoms with Crippen molar-refractivity contribution in [1.82, 2.24) is 10.3 Å². The lowest BCUT2D eigenvalue weighted by molar-refractivity contribution is -0.137. The van der Waals surface area contributed by atoms with Gasteiger partial charge in [-0.2, -0.15) is 13.2 Å². The van der Waals surface area contributed by atoms with Crippen molar-refractivity contribution in [1.29, 1.82) is 0 Å². The lowest BCUT2D eigenvalue weighted by Gasteiger charge is -2.20. The second-order valence-corrected chi connectivity index (χ2v) is 8.14. The fourth-order valence-corrected chi connectivity index (χ4v) is 4.11. The smallest absolute Gasteiger partial charge is 0.394 e. The van der Waals surface area contributed by atoms with Gasteiger partial charge >= 0.3 is 6.18 Å². The fourth-order valence-electron chi connectivity index (χ4n) is 4.11. The van der Waals surface area contributed by atoms with E-state index in [2.05, 4.69) is 10.3 Å². The predicted molar refractivity (Wildman–Crippen MR) is 121 cm³/mol. The van der Waals surface area contributed by atoms with E-state index in [1.165, 1.54) is 6.07 Å². The molecule has 2 aromatic carbocycles. The van der Waals surface area contributed by atoms with Gasteiger partial charge in [-0.3, -0.25) is 4.79 Å².